The van der Waals surface area contributed by atoms with Gasteiger partial charge in [0.2, 0.25) is 0 Å². The third-order valence-electron chi connectivity index (χ3n) is 12.9. The summed E-state index contributed by atoms with van der Waals surface area (Å²) in [5.41, 5.74) is 0. The number of allylic oxidation sites excluding steroid dienone is 6. The summed E-state index contributed by atoms with van der Waals surface area (Å²) in [5, 5.41) is 0. The summed E-state index contributed by atoms with van der Waals surface area (Å²) in [6.07, 6.45) is 81.9. The molecule has 0 saturated heterocycles. The van der Waals surface area contributed by atoms with Crippen molar-refractivity contribution in [3.63, 3.8) is 0 Å². The van der Waals surface area contributed by atoms with Gasteiger partial charge in [0.15, 0.2) is 0 Å². The third kappa shape index (κ3) is 51.3. The van der Waals surface area contributed by atoms with Crippen LogP contribution >= 0.6 is 0 Å². The quantitative estimate of drug-likeness (QED) is 0.0425. The molecule has 0 unspecified atom stereocenters. The Bertz CT molecular complexity index is 727. The second-order valence-corrected chi connectivity index (χ2v) is 18.8. The maximum absolute atomic E-state index is 2.48. The molecule has 0 N–H and O–H groups in total. The predicted octanol–water partition coefficient (Wildman–Crippen LogP) is 21.7. The van der Waals surface area contributed by atoms with E-state index in [0.717, 1.165) is 5.92 Å². The Balaban J connectivity index is 4.05. The molecule has 0 radical (unpaired) electrons. The lowest BCUT2D eigenvalue weighted by atomic mass is 9.89. The molecule has 0 bridgehead atoms. The van der Waals surface area contributed by atoms with E-state index in [1.165, 1.54) is 302 Å². The van der Waals surface area contributed by atoms with Crippen LogP contribution in [0.4, 0.5) is 0 Å². The second kappa shape index (κ2) is 53.2. The Kier molecular flexibility index (Phi) is 52.5. The standard InChI is InChI=1S/C57H110/c1-4-7-10-13-16-19-22-25-28-31-34-37-40-43-46-49-52-55-57(54-51-48-45-42-39-36-33-30-27-24-21-18-15-12-9-6-3)56-53-50-47-44-41-38-35-32-29-26-23-20-17-14-11-8-5-2/h25-30,57H,4-24,31-56H2,1-3H3. The summed E-state index contributed by atoms with van der Waals surface area (Å²) in [5.74, 6) is 1.01. The Morgan fingerprint density at radius 1 is 0.193 bits per heavy atom. The highest BCUT2D eigenvalue weighted by Crippen LogP contribution is 2.25. The van der Waals surface area contributed by atoms with Crippen LogP contribution in [0.1, 0.15) is 323 Å². The Labute approximate surface area is 363 Å². The van der Waals surface area contributed by atoms with Gasteiger partial charge in [0.1, 0.15) is 0 Å². The first kappa shape index (κ1) is 56.2. The topological polar surface area (TPSA) is 0 Å². The summed E-state index contributed by atoms with van der Waals surface area (Å²) < 4.78 is 0. The summed E-state index contributed by atoms with van der Waals surface area (Å²) >= 11 is 0. The van der Waals surface area contributed by atoms with Gasteiger partial charge in [-0.3, -0.25) is 0 Å². The SMILES string of the molecule is CCCCCCCCC=CCCCCCCCCCC(CCCCCCCCC=CCCCCCCCC)CCCCCCCCCC=CCCCCCCCC. The minimum atomic E-state index is 1.01. The fraction of sp³-hybridized carbons (Fsp3) is 0.895. The van der Waals surface area contributed by atoms with E-state index in [2.05, 4.69) is 57.2 Å². The van der Waals surface area contributed by atoms with Gasteiger partial charge >= 0.3 is 0 Å². The van der Waals surface area contributed by atoms with Gasteiger partial charge in [-0.1, -0.05) is 282 Å². The Morgan fingerprint density at radius 2 is 0.351 bits per heavy atom. The lowest BCUT2D eigenvalue weighted by Gasteiger charge is -2.17. The molecule has 0 nitrogen and oxygen atoms in total. The first-order chi connectivity index (χ1) is 28.3. The van der Waals surface area contributed by atoms with Gasteiger partial charge in [0, 0.05) is 0 Å². The van der Waals surface area contributed by atoms with Gasteiger partial charge in [-0.2, -0.15) is 0 Å². The van der Waals surface area contributed by atoms with E-state index in [9.17, 15) is 0 Å². The van der Waals surface area contributed by atoms with Gasteiger partial charge in [0.25, 0.3) is 0 Å². The normalized spacial score (nSPS) is 12.7. The van der Waals surface area contributed by atoms with Crippen LogP contribution in [0.5, 0.6) is 0 Å². The average Bonchev–Trinajstić information content (AvgIpc) is 3.22. The second-order valence-electron chi connectivity index (χ2n) is 18.8. The maximum Gasteiger partial charge on any atom is -0.0351 e. The number of rotatable bonds is 50. The van der Waals surface area contributed by atoms with Gasteiger partial charge < -0.3 is 0 Å². The summed E-state index contributed by atoms with van der Waals surface area (Å²) in [4.78, 5) is 0. The number of unbranched alkanes of at least 4 members (excludes halogenated alkanes) is 38. The molecule has 0 amide bonds. The van der Waals surface area contributed by atoms with E-state index >= 15 is 0 Å². The fourth-order valence-electron chi connectivity index (χ4n) is 8.83. The highest BCUT2D eigenvalue weighted by atomic mass is 14.1. The Hall–Kier alpha value is -0.780. The molecular formula is C57H110. The average molecular weight is 796 g/mol. The molecule has 0 fully saturated rings. The maximum atomic E-state index is 2.48. The summed E-state index contributed by atoms with van der Waals surface area (Å²) in [6.45, 7) is 6.92. The van der Waals surface area contributed by atoms with E-state index in [4.69, 9.17) is 0 Å². The molecule has 338 valence electrons. The van der Waals surface area contributed by atoms with E-state index in [1.54, 1.807) is 0 Å². The minimum Gasteiger partial charge on any atom is -0.0885 e. The zero-order chi connectivity index (χ0) is 41.1. The zero-order valence-corrected chi connectivity index (χ0v) is 40.3. The molecule has 0 heterocycles. The van der Waals surface area contributed by atoms with Crippen molar-refractivity contribution in [2.45, 2.75) is 323 Å². The van der Waals surface area contributed by atoms with Crippen LogP contribution in [0.15, 0.2) is 36.5 Å². The Morgan fingerprint density at radius 3 is 0.544 bits per heavy atom. The van der Waals surface area contributed by atoms with E-state index in [-0.39, 0.29) is 0 Å². The third-order valence-corrected chi connectivity index (χ3v) is 12.9. The van der Waals surface area contributed by atoms with Crippen molar-refractivity contribution < 1.29 is 0 Å². The molecule has 0 atom stereocenters. The van der Waals surface area contributed by atoms with Crippen LogP contribution in [-0.2, 0) is 0 Å². The van der Waals surface area contributed by atoms with Gasteiger partial charge in [-0.25, -0.2) is 0 Å². The van der Waals surface area contributed by atoms with Crippen LogP contribution in [0.2, 0.25) is 0 Å². The lowest BCUT2D eigenvalue weighted by molar-refractivity contribution is 0.365. The van der Waals surface area contributed by atoms with Crippen LogP contribution in [0.25, 0.3) is 0 Å². The van der Waals surface area contributed by atoms with Crippen LogP contribution in [0.3, 0.4) is 0 Å². The fourth-order valence-corrected chi connectivity index (χ4v) is 8.83. The van der Waals surface area contributed by atoms with E-state index in [0.29, 0.717) is 0 Å². The van der Waals surface area contributed by atoms with Crippen molar-refractivity contribution in [1.29, 1.82) is 0 Å². The molecule has 0 aliphatic rings. The molecule has 0 aliphatic carbocycles. The van der Waals surface area contributed by atoms with Gasteiger partial charge in [0.05, 0.1) is 0 Å². The molecule has 0 spiro atoms. The van der Waals surface area contributed by atoms with E-state index in [1.807, 2.05) is 0 Å². The highest BCUT2D eigenvalue weighted by molar-refractivity contribution is 4.82. The zero-order valence-electron chi connectivity index (χ0n) is 40.3. The van der Waals surface area contributed by atoms with Crippen LogP contribution in [0, 0.1) is 5.92 Å². The van der Waals surface area contributed by atoms with Crippen molar-refractivity contribution >= 4 is 0 Å². The molecule has 0 aromatic heterocycles. The first-order valence-corrected chi connectivity index (χ1v) is 27.3. The minimum absolute atomic E-state index is 1.01. The van der Waals surface area contributed by atoms with Crippen molar-refractivity contribution in [3.05, 3.63) is 36.5 Å². The monoisotopic (exact) mass is 795 g/mol. The van der Waals surface area contributed by atoms with Crippen molar-refractivity contribution in [3.8, 4) is 0 Å². The summed E-state index contributed by atoms with van der Waals surface area (Å²) in [7, 11) is 0. The van der Waals surface area contributed by atoms with Crippen molar-refractivity contribution in [1.82, 2.24) is 0 Å². The van der Waals surface area contributed by atoms with Crippen molar-refractivity contribution in [2.75, 3.05) is 0 Å². The van der Waals surface area contributed by atoms with Gasteiger partial charge in [-0.15, -0.1) is 0 Å². The predicted molar refractivity (Wildman–Crippen MR) is 265 cm³/mol. The van der Waals surface area contributed by atoms with Crippen LogP contribution in [-0.4, -0.2) is 0 Å². The van der Waals surface area contributed by atoms with Crippen LogP contribution < -0.4 is 0 Å². The van der Waals surface area contributed by atoms with Crippen molar-refractivity contribution in [2.24, 2.45) is 5.92 Å². The van der Waals surface area contributed by atoms with Gasteiger partial charge in [-0.05, 0) is 83.0 Å². The van der Waals surface area contributed by atoms with E-state index < -0.39 is 0 Å². The molecule has 0 aliphatic heterocycles. The number of hydrogen-bond donors (Lipinski definition) is 0. The molecular weight excluding hydrogens is 685 g/mol. The molecule has 57 heavy (non-hydrogen) atoms. The first-order valence-electron chi connectivity index (χ1n) is 27.3. The largest absolute Gasteiger partial charge is 0.0885 e. The molecule has 0 saturated carbocycles. The highest BCUT2D eigenvalue weighted by Gasteiger charge is 2.09. The smallest absolute Gasteiger partial charge is 0.0351 e. The summed E-state index contributed by atoms with van der Waals surface area (Å²) in [6, 6.07) is 0. The molecule has 0 aromatic carbocycles. The number of hydrogen-bond acceptors (Lipinski definition) is 0. The molecule has 0 rings (SSSR count). The molecule has 0 heteroatoms. The lowest BCUT2D eigenvalue weighted by Crippen LogP contribution is -2.01. The molecule has 0 aromatic rings.